The van der Waals surface area contributed by atoms with E-state index < -0.39 is 24.4 Å². The zero-order chi connectivity index (χ0) is 17.8. The van der Waals surface area contributed by atoms with E-state index in [-0.39, 0.29) is 16.3 Å². The molecule has 0 radical (unpaired) electrons. The van der Waals surface area contributed by atoms with Crippen LogP contribution in [0.1, 0.15) is 5.56 Å². The molecule has 0 fully saturated rings. The quantitative estimate of drug-likeness (QED) is 0.776. The van der Waals surface area contributed by atoms with E-state index in [4.69, 9.17) is 11.6 Å². The van der Waals surface area contributed by atoms with Crippen molar-refractivity contribution in [3.05, 3.63) is 65.2 Å². The number of carbonyl (C=O) groups is 1. The molecule has 0 aromatic heterocycles. The van der Waals surface area contributed by atoms with Crippen molar-refractivity contribution in [1.82, 2.24) is 5.32 Å². The van der Waals surface area contributed by atoms with Crippen LogP contribution in [-0.4, -0.2) is 23.9 Å². The predicted molar refractivity (Wildman–Crippen MR) is 84.9 cm³/mol. The minimum atomic E-state index is -4.97. The van der Waals surface area contributed by atoms with Crippen molar-refractivity contribution in [3.63, 3.8) is 0 Å². The number of rotatable bonds is 4. The van der Waals surface area contributed by atoms with E-state index in [1.54, 1.807) is 12.1 Å². The number of anilines is 1. The van der Waals surface area contributed by atoms with Gasteiger partial charge in [0.2, 0.25) is 5.60 Å². The van der Waals surface area contributed by atoms with Gasteiger partial charge in [0.05, 0.1) is 17.3 Å². The Labute approximate surface area is 141 Å². The summed E-state index contributed by atoms with van der Waals surface area (Å²) in [6, 6.07) is 11.9. The van der Waals surface area contributed by atoms with Gasteiger partial charge in [0.15, 0.2) is 0 Å². The van der Waals surface area contributed by atoms with Crippen molar-refractivity contribution in [2.45, 2.75) is 11.8 Å². The third-order valence-corrected chi connectivity index (χ3v) is 3.68. The highest BCUT2D eigenvalue weighted by atomic mass is 35.5. The van der Waals surface area contributed by atoms with Crippen molar-refractivity contribution in [3.8, 4) is 0 Å². The molecule has 0 aliphatic rings. The largest absolute Gasteiger partial charge is 0.423 e. The molecular weight excluding hydrogens is 345 g/mol. The van der Waals surface area contributed by atoms with Gasteiger partial charge >= 0.3 is 12.2 Å². The summed E-state index contributed by atoms with van der Waals surface area (Å²) in [5, 5.41) is 14.7. The van der Waals surface area contributed by atoms with Gasteiger partial charge in [0.1, 0.15) is 0 Å². The Morgan fingerprint density at radius 3 is 2.21 bits per heavy atom. The van der Waals surface area contributed by atoms with E-state index in [0.29, 0.717) is 0 Å². The van der Waals surface area contributed by atoms with Crippen molar-refractivity contribution in [2.75, 3.05) is 11.9 Å². The second-order valence-corrected chi connectivity index (χ2v) is 5.42. The van der Waals surface area contributed by atoms with Crippen LogP contribution in [0.15, 0.2) is 54.6 Å². The molecule has 2 aromatic rings. The fraction of sp³-hybridized carbons (Fsp3) is 0.188. The van der Waals surface area contributed by atoms with Gasteiger partial charge in [-0.3, -0.25) is 0 Å². The molecule has 0 bridgehead atoms. The van der Waals surface area contributed by atoms with Crippen LogP contribution in [0.3, 0.4) is 0 Å². The molecule has 0 saturated heterocycles. The summed E-state index contributed by atoms with van der Waals surface area (Å²) in [5.41, 5.74) is -3.33. The number of aliphatic hydroxyl groups is 1. The highest BCUT2D eigenvalue weighted by molar-refractivity contribution is 6.33. The molecule has 4 nitrogen and oxygen atoms in total. The third-order valence-electron chi connectivity index (χ3n) is 3.35. The first-order valence-corrected chi connectivity index (χ1v) is 7.26. The van der Waals surface area contributed by atoms with E-state index in [1.165, 1.54) is 30.3 Å². The summed E-state index contributed by atoms with van der Waals surface area (Å²) in [4.78, 5) is 11.8. The fourth-order valence-corrected chi connectivity index (χ4v) is 2.20. The zero-order valence-corrected chi connectivity index (χ0v) is 13.0. The number of hydrogen-bond donors (Lipinski definition) is 3. The van der Waals surface area contributed by atoms with Gasteiger partial charge in [-0.2, -0.15) is 13.2 Å². The fourth-order valence-electron chi connectivity index (χ4n) is 2.02. The SMILES string of the molecule is O=C(NC[C@@](O)(c1ccccc1)C(F)(F)F)Nc1ccccc1Cl. The van der Waals surface area contributed by atoms with Crippen LogP contribution < -0.4 is 10.6 Å². The number of benzene rings is 2. The van der Waals surface area contributed by atoms with Crippen molar-refractivity contribution in [1.29, 1.82) is 0 Å². The molecular formula is C16H14ClF3N2O2. The number of nitrogens with one attached hydrogen (secondary N) is 2. The van der Waals surface area contributed by atoms with Crippen LogP contribution in [0.5, 0.6) is 0 Å². The van der Waals surface area contributed by atoms with Crippen LogP contribution >= 0.6 is 11.6 Å². The van der Waals surface area contributed by atoms with Gasteiger partial charge in [-0.05, 0) is 17.7 Å². The molecule has 1 atom stereocenters. The molecule has 0 unspecified atom stereocenters. The van der Waals surface area contributed by atoms with Crippen molar-refractivity contribution < 1.29 is 23.1 Å². The lowest BCUT2D eigenvalue weighted by Gasteiger charge is -2.31. The molecule has 128 valence electrons. The number of para-hydroxylation sites is 1. The zero-order valence-electron chi connectivity index (χ0n) is 12.3. The lowest BCUT2D eigenvalue weighted by molar-refractivity contribution is -0.263. The summed E-state index contributed by atoms with van der Waals surface area (Å²) < 4.78 is 39.9. The van der Waals surface area contributed by atoms with Crippen LogP contribution in [0.4, 0.5) is 23.7 Å². The molecule has 2 rings (SSSR count). The summed E-state index contributed by atoms with van der Waals surface area (Å²) in [5.74, 6) is 0. The van der Waals surface area contributed by atoms with Gasteiger partial charge < -0.3 is 15.7 Å². The number of amides is 2. The Morgan fingerprint density at radius 2 is 1.62 bits per heavy atom. The summed E-state index contributed by atoms with van der Waals surface area (Å²) in [6.45, 7) is -1.04. The average Bonchev–Trinajstić information content (AvgIpc) is 2.54. The minimum Gasteiger partial charge on any atom is -0.375 e. The molecule has 2 amide bonds. The molecule has 0 saturated carbocycles. The first kappa shape index (κ1) is 18.1. The Bertz CT molecular complexity index is 710. The molecule has 0 spiro atoms. The van der Waals surface area contributed by atoms with Crippen molar-refractivity contribution >= 4 is 23.3 Å². The summed E-state index contributed by atoms with van der Waals surface area (Å²) in [7, 11) is 0. The van der Waals surface area contributed by atoms with Crippen LogP contribution in [0.25, 0.3) is 0 Å². The van der Waals surface area contributed by atoms with Crippen LogP contribution in [0.2, 0.25) is 5.02 Å². The Morgan fingerprint density at radius 1 is 1.04 bits per heavy atom. The topological polar surface area (TPSA) is 61.4 Å². The minimum absolute atomic E-state index is 0.238. The normalized spacial score (nSPS) is 13.9. The Balaban J connectivity index is 2.12. The van der Waals surface area contributed by atoms with E-state index in [2.05, 4.69) is 5.32 Å². The maximum atomic E-state index is 13.3. The maximum Gasteiger partial charge on any atom is 0.423 e. The smallest absolute Gasteiger partial charge is 0.375 e. The van der Waals surface area contributed by atoms with E-state index in [1.807, 2.05) is 5.32 Å². The highest BCUT2D eigenvalue weighted by Gasteiger charge is 2.55. The third kappa shape index (κ3) is 3.98. The average molecular weight is 359 g/mol. The lowest BCUT2D eigenvalue weighted by Crippen LogP contribution is -2.51. The van der Waals surface area contributed by atoms with Crippen molar-refractivity contribution in [2.24, 2.45) is 0 Å². The Hall–Kier alpha value is -2.25. The summed E-state index contributed by atoms with van der Waals surface area (Å²) in [6.07, 6.45) is -4.97. The Kier molecular flexibility index (Phi) is 5.36. The number of urea groups is 1. The highest BCUT2D eigenvalue weighted by Crippen LogP contribution is 2.38. The van der Waals surface area contributed by atoms with Gasteiger partial charge in [-0.25, -0.2) is 4.79 Å². The first-order chi connectivity index (χ1) is 11.2. The molecule has 2 aromatic carbocycles. The molecule has 0 heterocycles. The van der Waals surface area contributed by atoms with Gasteiger partial charge in [-0.15, -0.1) is 0 Å². The van der Waals surface area contributed by atoms with E-state index >= 15 is 0 Å². The monoisotopic (exact) mass is 358 g/mol. The number of alkyl halides is 3. The van der Waals surface area contributed by atoms with Crippen LogP contribution in [0, 0.1) is 0 Å². The van der Waals surface area contributed by atoms with Gasteiger partial charge in [-0.1, -0.05) is 54.1 Å². The van der Waals surface area contributed by atoms with Gasteiger partial charge in [0.25, 0.3) is 0 Å². The molecule has 8 heteroatoms. The van der Waals surface area contributed by atoms with Gasteiger partial charge in [0, 0.05) is 0 Å². The second kappa shape index (κ2) is 7.11. The maximum absolute atomic E-state index is 13.3. The van der Waals surface area contributed by atoms with E-state index in [0.717, 1.165) is 12.1 Å². The van der Waals surface area contributed by atoms with Crippen LogP contribution in [-0.2, 0) is 5.60 Å². The number of carbonyl (C=O) groups excluding carboxylic acids is 1. The molecule has 3 N–H and O–H groups in total. The summed E-state index contributed by atoms with van der Waals surface area (Å²) >= 11 is 5.85. The number of halogens is 4. The molecule has 0 aliphatic heterocycles. The lowest BCUT2D eigenvalue weighted by atomic mass is 9.93. The number of hydrogen-bond acceptors (Lipinski definition) is 2. The standard InChI is InChI=1S/C16H14ClF3N2O2/c17-12-8-4-5-9-13(12)22-14(23)21-10-15(24,16(18,19)20)11-6-2-1-3-7-11/h1-9,24H,10H2,(H2,21,22,23)/t15-/m1/s1. The van der Waals surface area contributed by atoms with E-state index in [9.17, 15) is 23.1 Å². The first-order valence-electron chi connectivity index (χ1n) is 6.88. The molecule has 24 heavy (non-hydrogen) atoms. The predicted octanol–water partition coefficient (Wildman–Crippen LogP) is 3.91. The second-order valence-electron chi connectivity index (χ2n) is 5.01. The molecule has 0 aliphatic carbocycles.